The van der Waals surface area contributed by atoms with Gasteiger partial charge in [-0.3, -0.25) is 0 Å². The summed E-state index contributed by atoms with van der Waals surface area (Å²) in [7, 11) is 0. The number of rotatable bonds is 4. The van der Waals surface area contributed by atoms with Crippen LogP contribution in [0.1, 0.15) is 37.4 Å². The van der Waals surface area contributed by atoms with E-state index in [0.29, 0.717) is 17.5 Å². The third-order valence-electron chi connectivity index (χ3n) is 3.59. The zero-order chi connectivity index (χ0) is 14.0. The van der Waals surface area contributed by atoms with Gasteiger partial charge in [-0.05, 0) is 37.1 Å². The normalized spacial score (nSPS) is 16.5. The fourth-order valence-corrected chi connectivity index (χ4v) is 2.42. The molecule has 0 bridgehead atoms. The third kappa shape index (κ3) is 3.51. The van der Waals surface area contributed by atoms with Crippen molar-refractivity contribution in [1.82, 2.24) is 10.1 Å². The number of benzene rings is 1. The Morgan fingerprint density at radius 2 is 1.90 bits per heavy atom. The Morgan fingerprint density at radius 3 is 2.57 bits per heavy atom. The van der Waals surface area contributed by atoms with E-state index in [1.165, 1.54) is 12.1 Å². The monoisotopic (exact) mass is 313 g/mol. The molecule has 1 saturated carbocycles. The molecule has 2 aromatic rings. The fourth-order valence-electron chi connectivity index (χ4n) is 2.42. The lowest BCUT2D eigenvalue weighted by atomic mass is 9.99. The molecule has 1 aliphatic rings. The summed E-state index contributed by atoms with van der Waals surface area (Å²) in [4.78, 5) is 4.29. The SMILES string of the molecule is Cl.NC1(c2noc(COc3ccc(F)cc3)n2)CCCC1. The quantitative estimate of drug-likeness (QED) is 0.939. The highest BCUT2D eigenvalue weighted by Gasteiger charge is 2.35. The molecule has 0 atom stereocenters. The van der Waals surface area contributed by atoms with Crippen molar-refractivity contribution in [3.05, 3.63) is 41.8 Å². The summed E-state index contributed by atoms with van der Waals surface area (Å²) in [6.45, 7) is 0.148. The highest BCUT2D eigenvalue weighted by molar-refractivity contribution is 5.85. The summed E-state index contributed by atoms with van der Waals surface area (Å²) in [6.07, 6.45) is 3.94. The summed E-state index contributed by atoms with van der Waals surface area (Å²) in [6, 6.07) is 5.77. The Balaban J connectivity index is 0.00000161. The minimum Gasteiger partial charge on any atom is -0.484 e. The van der Waals surface area contributed by atoms with Crippen LogP contribution in [0.25, 0.3) is 0 Å². The van der Waals surface area contributed by atoms with Gasteiger partial charge in [-0.2, -0.15) is 4.98 Å². The van der Waals surface area contributed by atoms with E-state index in [1.54, 1.807) is 12.1 Å². The Labute approximate surface area is 128 Å². The first-order valence-corrected chi connectivity index (χ1v) is 6.66. The van der Waals surface area contributed by atoms with Crippen LogP contribution in [0.4, 0.5) is 4.39 Å². The van der Waals surface area contributed by atoms with Crippen LogP contribution in [0.2, 0.25) is 0 Å². The molecule has 0 unspecified atom stereocenters. The molecule has 3 rings (SSSR count). The van der Waals surface area contributed by atoms with Crippen LogP contribution < -0.4 is 10.5 Å². The Kier molecular flexibility index (Phi) is 4.80. The number of hydrogen-bond acceptors (Lipinski definition) is 5. The van der Waals surface area contributed by atoms with Crippen LogP contribution in [0.5, 0.6) is 5.75 Å². The van der Waals surface area contributed by atoms with Crippen molar-refractivity contribution in [3.8, 4) is 5.75 Å². The minimum absolute atomic E-state index is 0. The van der Waals surface area contributed by atoms with Crippen LogP contribution in [-0.4, -0.2) is 10.1 Å². The van der Waals surface area contributed by atoms with E-state index >= 15 is 0 Å². The van der Waals surface area contributed by atoms with Crippen LogP contribution >= 0.6 is 12.4 Å². The van der Waals surface area contributed by atoms with Gasteiger partial charge in [0, 0.05) is 0 Å². The van der Waals surface area contributed by atoms with Gasteiger partial charge < -0.3 is 15.0 Å². The number of halogens is 2. The molecule has 0 aliphatic heterocycles. The topological polar surface area (TPSA) is 74.2 Å². The van der Waals surface area contributed by atoms with Gasteiger partial charge >= 0.3 is 0 Å². The predicted molar refractivity (Wildman–Crippen MR) is 76.6 cm³/mol. The summed E-state index contributed by atoms with van der Waals surface area (Å²) in [5.41, 5.74) is 5.79. The maximum absolute atomic E-state index is 12.8. The van der Waals surface area contributed by atoms with E-state index in [9.17, 15) is 4.39 Å². The van der Waals surface area contributed by atoms with E-state index in [2.05, 4.69) is 10.1 Å². The van der Waals surface area contributed by atoms with Crippen molar-refractivity contribution in [3.63, 3.8) is 0 Å². The Morgan fingerprint density at radius 1 is 1.24 bits per heavy atom. The second-order valence-electron chi connectivity index (χ2n) is 5.12. The van der Waals surface area contributed by atoms with Crippen molar-refractivity contribution in [2.24, 2.45) is 5.73 Å². The fraction of sp³-hybridized carbons (Fsp3) is 0.429. The minimum atomic E-state index is -0.461. The highest BCUT2D eigenvalue weighted by atomic mass is 35.5. The van der Waals surface area contributed by atoms with Gasteiger partial charge in [0.1, 0.15) is 11.6 Å². The predicted octanol–water partition coefficient (Wildman–Crippen LogP) is 2.94. The molecule has 0 radical (unpaired) electrons. The number of aromatic nitrogens is 2. The second-order valence-corrected chi connectivity index (χ2v) is 5.12. The lowest BCUT2D eigenvalue weighted by molar-refractivity contribution is 0.241. The molecular formula is C14H17ClFN3O2. The first-order chi connectivity index (χ1) is 9.66. The molecule has 1 aromatic carbocycles. The van der Waals surface area contributed by atoms with Crippen LogP contribution in [0.3, 0.4) is 0 Å². The Hall–Kier alpha value is -1.66. The molecule has 0 saturated heterocycles. The van der Waals surface area contributed by atoms with Crippen LogP contribution in [0, 0.1) is 5.82 Å². The van der Waals surface area contributed by atoms with Gasteiger partial charge in [0.15, 0.2) is 12.4 Å². The van der Waals surface area contributed by atoms with E-state index in [0.717, 1.165) is 25.7 Å². The summed E-state index contributed by atoms with van der Waals surface area (Å²) >= 11 is 0. The molecule has 7 heteroatoms. The van der Waals surface area contributed by atoms with Gasteiger partial charge in [-0.15, -0.1) is 12.4 Å². The first-order valence-electron chi connectivity index (χ1n) is 6.66. The molecule has 1 fully saturated rings. The molecule has 0 spiro atoms. The summed E-state index contributed by atoms with van der Waals surface area (Å²) < 4.78 is 23.4. The number of nitrogens with two attached hydrogens (primary N) is 1. The largest absolute Gasteiger partial charge is 0.484 e. The standard InChI is InChI=1S/C14H16FN3O2.ClH/c15-10-3-5-11(6-4-10)19-9-12-17-13(18-20-12)14(16)7-1-2-8-14;/h3-6H,1-2,7-9,16H2;1H. The van der Waals surface area contributed by atoms with E-state index in [-0.39, 0.29) is 24.8 Å². The van der Waals surface area contributed by atoms with Gasteiger partial charge in [0.2, 0.25) is 0 Å². The van der Waals surface area contributed by atoms with Crippen molar-refractivity contribution in [2.45, 2.75) is 37.8 Å². The Bertz CT molecular complexity index is 582. The maximum atomic E-state index is 12.8. The average molecular weight is 314 g/mol. The number of ether oxygens (including phenoxy) is 1. The molecular weight excluding hydrogens is 297 g/mol. The lowest BCUT2D eigenvalue weighted by Gasteiger charge is -2.17. The molecule has 114 valence electrons. The van der Waals surface area contributed by atoms with Crippen molar-refractivity contribution >= 4 is 12.4 Å². The van der Waals surface area contributed by atoms with Crippen molar-refractivity contribution < 1.29 is 13.7 Å². The maximum Gasteiger partial charge on any atom is 0.264 e. The molecule has 1 heterocycles. The second kappa shape index (κ2) is 6.41. The summed E-state index contributed by atoms with van der Waals surface area (Å²) in [5, 5.41) is 3.95. The van der Waals surface area contributed by atoms with Crippen LogP contribution in [0.15, 0.2) is 28.8 Å². The van der Waals surface area contributed by atoms with Gasteiger partial charge in [-0.25, -0.2) is 4.39 Å². The van der Waals surface area contributed by atoms with Gasteiger partial charge in [0.05, 0.1) is 5.54 Å². The summed E-state index contributed by atoms with van der Waals surface area (Å²) in [5.74, 6) is 1.17. The number of nitrogens with zero attached hydrogens (tertiary/aromatic N) is 2. The zero-order valence-corrected chi connectivity index (χ0v) is 12.2. The van der Waals surface area contributed by atoms with Crippen molar-refractivity contribution in [2.75, 3.05) is 0 Å². The highest BCUT2D eigenvalue weighted by Crippen LogP contribution is 2.34. The van der Waals surface area contributed by atoms with Crippen molar-refractivity contribution in [1.29, 1.82) is 0 Å². The molecule has 21 heavy (non-hydrogen) atoms. The van der Waals surface area contributed by atoms with Gasteiger partial charge in [0.25, 0.3) is 5.89 Å². The third-order valence-corrected chi connectivity index (χ3v) is 3.59. The molecule has 5 nitrogen and oxygen atoms in total. The molecule has 1 aromatic heterocycles. The number of hydrogen-bond donors (Lipinski definition) is 1. The smallest absolute Gasteiger partial charge is 0.264 e. The molecule has 1 aliphatic carbocycles. The van der Waals surface area contributed by atoms with E-state index < -0.39 is 5.54 Å². The molecule has 0 amide bonds. The van der Waals surface area contributed by atoms with E-state index in [4.69, 9.17) is 15.0 Å². The van der Waals surface area contributed by atoms with Gasteiger partial charge in [-0.1, -0.05) is 18.0 Å². The van der Waals surface area contributed by atoms with E-state index in [1.807, 2.05) is 0 Å². The average Bonchev–Trinajstić information content (AvgIpc) is 3.08. The zero-order valence-electron chi connectivity index (χ0n) is 11.4. The molecule has 2 N–H and O–H groups in total. The lowest BCUT2D eigenvalue weighted by Crippen LogP contribution is -2.34. The van der Waals surface area contributed by atoms with Crippen LogP contribution in [-0.2, 0) is 12.1 Å². The first kappa shape index (κ1) is 15.7.